The van der Waals surface area contributed by atoms with Gasteiger partial charge in [-0.05, 0) is 57.0 Å². The lowest BCUT2D eigenvalue weighted by atomic mass is 9.76. The largest absolute Gasteiger partial charge is 0.316 e. The summed E-state index contributed by atoms with van der Waals surface area (Å²) in [5, 5.41) is 3.64. The lowest BCUT2D eigenvalue weighted by Gasteiger charge is -2.41. The van der Waals surface area contributed by atoms with Gasteiger partial charge in [-0.2, -0.15) is 0 Å². The highest BCUT2D eigenvalue weighted by Gasteiger charge is 2.32. The Hall–Kier alpha value is -0.0800. The summed E-state index contributed by atoms with van der Waals surface area (Å²) in [6.45, 7) is 7.47. The summed E-state index contributed by atoms with van der Waals surface area (Å²) < 4.78 is 0. The third-order valence-corrected chi connectivity index (χ3v) is 5.24. The molecule has 1 saturated heterocycles. The summed E-state index contributed by atoms with van der Waals surface area (Å²) in [5.74, 6) is 0.981. The van der Waals surface area contributed by atoms with Crippen molar-refractivity contribution in [2.24, 2.45) is 11.3 Å². The zero-order chi connectivity index (χ0) is 13.6. The maximum absolute atomic E-state index is 3.64. The zero-order valence-corrected chi connectivity index (χ0v) is 13.2. The van der Waals surface area contributed by atoms with Crippen LogP contribution in [0.25, 0.3) is 0 Å². The summed E-state index contributed by atoms with van der Waals surface area (Å²) in [7, 11) is 2.36. The lowest BCUT2D eigenvalue weighted by Crippen LogP contribution is -2.47. The highest BCUT2D eigenvalue weighted by Crippen LogP contribution is 2.33. The van der Waals surface area contributed by atoms with Gasteiger partial charge in [-0.15, -0.1) is 0 Å². The molecule has 0 amide bonds. The highest BCUT2D eigenvalue weighted by molar-refractivity contribution is 4.88. The molecule has 2 rings (SSSR count). The minimum Gasteiger partial charge on any atom is -0.316 e. The number of hydrogen-bond acceptors (Lipinski definition) is 2. The number of nitrogens with one attached hydrogen (secondary N) is 1. The SMILES string of the molecule is CCCC1(CN(C)CC2CCCCC2)CCCNC1. The molecule has 1 aliphatic heterocycles. The quantitative estimate of drug-likeness (QED) is 0.789. The Morgan fingerprint density at radius 1 is 1.16 bits per heavy atom. The monoisotopic (exact) mass is 266 g/mol. The average Bonchev–Trinajstić information content (AvgIpc) is 2.40. The first-order valence-corrected chi connectivity index (χ1v) is 8.63. The van der Waals surface area contributed by atoms with E-state index in [0.29, 0.717) is 5.41 Å². The van der Waals surface area contributed by atoms with Crippen LogP contribution in [-0.4, -0.2) is 38.1 Å². The van der Waals surface area contributed by atoms with Gasteiger partial charge in [-0.3, -0.25) is 0 Å². The predicted molar refractivity (Wildman–Crippen MR) is 83.5 cm³/mol. The molecule has 0 aromatic heterocycles. The topological polar surface area (TPSA) is 15.3 Å². The van der Waals surface area contributed by atoms with Gasteiger partial charge in [0.25, 0.3) is 0 Å². The van der Waals surface area contributed by atoms with Crippen molar-refractivity contribution in [3.05, 3.63) is 0 Å². The van der Waals surface area contributed by atoms with Crippen LogP contribution in [0.3, 0.4) is 0 Å². The molecule has 2 nitrogen and oxygen atoms in total. The summed E-state index contributed by atoms with van der Waals surface area (Å²) in [6.07, 6.45) is 12.9. The van der Waals surface area contributed by atoms with Gasteiger partial charge < -0.3 is 10.2 Å². The predicted octanol–water partition coefficient (Wildman–Crippen LogP) is 3.67. The summed E-state index contributed by atoms with van der Waals surface area (Å²) in [4.78, 5) is 2.65. The summed E-state index contributed by atoms with van der Waals surface area (Å²) in [6, 6.07) is 0. The van der Waals surface area contributed by atoms with Crippen LogP contribution in [0.15, 0.2) is 0 Å². The van der Waals surface area contributed by atoms with Gasteiger partial charge in [0.2, 0.25) is 0 Å². The second kappa shape index (κ2) is 7.64. The Balaban J connectivity index is 1.81. The smallest absolute Gasteiger partial charge is 0.00472 e. The van der Waals surface area contributed by atoms with E-state index in [1.165, 1.54) is 84.0 Å². The number of hydrogen-bond donors (Lipinski definition) is 1. The second-order valence-corrected chi connectivity index (χ2v) is 7.23. The van der Waals surface area contributed by atoms with E-state index in [4.69, 9.17) is 0 Å². The fourth-order valence-electron chi connectivity index (χ4n) is 4.44. The molecule has 1 unspecified atom stereocenters. The van der Waals surface area contributed by atoms with E-state index in [0.717, 1.165) is 5.92 Å². The third-order valence-electron chi connectivity index (χ3n) is 5.24. The molecule has 1 saturated carbocycles. The number of rotatable bonds is 6. The van der Waals surface area contributed by atoms with E-state index >= 15 is 0 Å². The summed E-state index contributed by atoms with van der Waals surface area (Å²) in [5.41, 5.74) is 0.566. The normalized spacial score (nSPS) is 29.8. The van der Waals surface area contributed by atoms with Gasteiger partial charge in [-0.1, -0.05) is 32.6 Å². The average molecular weight is 266 g/mol. The molecule has 1 N–H and O–H groups in total. The minimum atomic E-state index is 0.566. The summed E-state index contributed by atoms with van der Waals surface area (Å²) >= 11 is 0. The van der Waals surface area contributed by atoms with Crippen molar-refractivity contribution in [1.29, 1.82) is 0 Å². The molecule has 2 fully saturated rings. The van der Waals surface area contributed by atoms with Gasteiger partial charge >= 0.3 is 0 Å². The van der Waals surface area contributed by atoms with Crippen LogP contribution in [0.4, 0.5) is 0 Å². The first-order chi connectivity index (χ1) is 9.24. The standard InChI is InChI=1S/C17H34N2/c1-3-10-17(11-7-12-18-14-17)15-19(2)13-16-8-5-4-6-9-16/h16,18H,3-15H2,1-2H3. The number of piperidine rings is 1. The van der Waals surface area contributed by atoms with Crippen molar-refractivity contribution in [3.63, 3.8) is 0 Å². The molecule has 2 aliphatic rings. The van der Waals surface area contributed by atoms with E-state index in [1.54, 1.807) is 0 Å². The Morgan fingerprint density at radius 2 is 1.95 bits per heavy atom. The van der Waals surface area contributed by atoms with Gasteiger partial charge in [-0.25, -0.2) is 0 Å². The van der Waals surface area contributed by atoms with Crippen molar-refractivity contribution in [2.45, 2.75) is 64.7 Å². The van der Waals surface area contributed by atoms with Crippen LogP contribution >= 0.6 is 0 Å². The van der Waals surface area contributed by atoms with E-state index in [9.17, 15) is 0 Å². The van der Waals surface area contributed by atoms with Crippen LogP contribution in [0, 0.1) is 11.3 Å². The van der Waals surface area contributed by atoms with E-state index < -0.39 is 0 Å². The lowest BCUT2D eigenvalue weighted by molar-refractivity contribution is 0.106. The van der Waals surface area contributed by atoms with Crippen LogP contribution < -0.4 is 5.32 Å². The Labute approximate surface area is 120 Å². The van der Waals surface area contributed by atoms with Crippen molar-refractivity contribution < 1.29 is 0 Å². The van der Waals surface area contributed by atoms with E-state index in [2.05, 4.69) is 24.2 Å². The van der Waals surface area contributed by atoms with Crippen molar-refractivity contribution in [1.82, 2.24) is 10.2 Å². The molecule has 1 atom stereocenters. The minimum absolute atomic E-state index is 0.566. The maximum Gasteiger partial charge on any atom is 0.00472 e. The Morgan fingerprint density at radius 3 is 2.58 bits per heavy atom. The Bertz CT molecular complexity index is 234. The maximum atomic E-state index is 3.64. The van der Waals surface area contributed by atoms with Crippen LogP contribution in [0.5, 0.6) is 0 Å². The third kappa shape index (κ3) is 4.75. The molecular weight excluding hydrogens is 232 g/mol. The molecule has 1 aliphatic carbocycles. The molecule has 0 radical (unpaired) electrons. The van der Waals surface area contributed by atoms with Gasteiger partial charge in [0.05, 0.1) is 0 Å². The van der Waals surface area contributed by atoms with Gasteiger partial charge in [0, 0.05) is 19.6 Å². The molecule has 2 heteroatoms. The molecule has 19 heavy (non-hydrogen) atoms. The fraction of sp³-hybridized carbons (Fsp3) is 1.00. The van der Waals surface area contributed by atoms with Crippen molar-refractivity contribution >= 4 is 0 Å². The van der Waals surface area contributed by atoms with Crippen molar-refractivity contribution in [2.75, 3.05) is 33.2 Å². The van der Waals surface area contributed by atoms with Gasteiger partial charge in [0.1, 0.15) is 0 Å². The van der Waals surface area contributed by atoms with Crippen LogP contribution in [0.1, 0.15) is 64.7 Å². The second-order valence-electron chi connectivity index (χ2n) is 7.23. The van der Waals surface area contributed by atoms with E-state index in [1.807, 2.05) is 0 Å². The molecular formula is C17H34N2. The fourth-order valence-corrected chi connectivity index (χ4v) is 4.44. The molecule has 0 aromatic rings. The number of nitrogens with zero attached hydrogens (tertiary/aromatic N) is 1. The van der Waals surface area contributed by atoms with Gasteiger partial charge in [0.15, 0.2) is 0 Å². The highest BCUT2D eigenvalue weighted by atomic mass is 15.1. The first kappa shape index (κ1) is 15.3. The molecule has 0 spiro atoms. The van der Waals surface area contributed by atoms with E-state index in [-0.39, 0.29) is 0 Å². The molecule has 112 valence electrons. The van der Waals surface area contributed by atoms with Crippen LogP contribution in [-0.2, 0) is 0 Å². The molecule has 1 heterocycles. The van der Waals surface area contributed by atoms with Crippen LogP contribution in [0.2, 0.25) is 0 Å². The zero-order valence-electron chi connectivity index (χ0n) is 13.2. The molecule has 0 bridgehead atoms. The van der Waals surface area contributed by atoms with Crippen molar-refractivity contribution in [3.8, 4) is 0 Å². The molecule has 0 aromatic carbocycles. The Kier molecular flexibility index (Phi) is 6.15. The first-order valence-electron chi connectivity index (χ1n) is 8.63.